The van der Waals surface area contributed by atoms with Crippen LogP contribution >= 0.6 is 0 Å². The van der Waals surface area contributed by atoms with Crippen LogP contribution in [-0.4, -0.2) is 0 Å². The van der Waals surface area contributed by atoms with Crippen LogP contribution in [0.4, 0.5) is 0 Å². The summed E-state index contributed by atoms with van der Waals surface area (Å²) in [5, 5.41) is 7.68. The van der Waals surface area contributed by atoms with E-state index in [1.165, 1.54) is 88.0 Å². The Morgan fingerprint density at radius 2 is 0.791 bits per heavy atom. The van der Waals surface area contributed by atoms with Gasteiger partial charge in [-0.2, -0.15) is 0 Å². The second-order valence-corrected chi connectivity index (χ2v) is 11.6. The van der Waals surface area contributed by atoms with Crippen molar-refractivity contribution in [1.82, 2.24) is 0 Å². The maximum atomic E-state index is 2.41. The molecule has 0 heterocycles. The molecule has 0 unspecified atom stereocenters. The highest BCUT2D eigenvalue weighted by atomic mass is 14.2. The highest BCUT2D eigenvalue weighted by molar-refractivity contribution is 6.24. The number of hydrogen-bond donors (Lipinski definition) is 0. The molecule has 0 fully saturated rings. The summed E-state index contributed by atoms with van der Waals surface area (Å²) in [7, 11) is 0. The molecule has 0 aromatic heterocycles. The van der Waals surface area contributed by atoms with Crippen molar-refractivity contribution in [2.45, 2.75) is 6.42 Å². The largest absolute Gasteiger partial charge is 0.0619 e. The second-order valence-electron chi connectivity index (χ2n) is 11.6. The molecule has 1 aliphatic rings. The fourth-order valence-electron chi connectivity index (χ4n) is 7.40. The molecule has 0 saturated carbocycles. The Morgan fingerprint density at radius 1 is 0.302 bits per heavy atom. The van der Waals surface area contributed by atoms with E-state index in [0.29, 0.717) is 0 Å². The maximum Gasteiger partial charge on any atom is -0.00134 e. The van der Waals surface area contributed by atoms with Gasteiger partial charge in [-0.05, 0) is 100 Å². The standard InChI is InChI=1S/C43H28/c1-3-15-32-28(12-1)14-11-23-36(32)43-39-21-9-7-19-37(39)42(38-20-8-10-22-40(38)43)35-18-6-5-16-33(35)31-25-24-30-26-29-13-2-4-17-34(29)41(30)27-31/h1-25,27H,26H2. The van der Waals surface area contributed by atoms with Gasteiger partial charge in [-0.1, -0.05) is 152 Å². The van der Waals surface area contributed by atoms with Crippen LogP contribution in [0, 0.1) is 0 Å². The van der Waals surface area contributed by atoms with Crippen LogP contribution < -0.4 is 0 Å². The SMILES string of the molecule is c1ccc2c(c1)Cc1ccc(-c3ccccc3-c3c4ccccc4c(-c4cccc5ccccc45)c4ccccc34)cc1-2. The van der Waals surface area contributed by atoms with Gasteiger partial charge in [0.25, 0.3) is 0 Å². The van der Waals surface area contributed by atoms with Gasteiger partial charge in [-0.25, -0.2) is 0 Å². The average Bonchev–Trinajstić information content (AvgIpc) is 3.45. The van der Waals surface area contributed by atoms with Gasteiger partial charge in [0.05, 0.1) is 0 Å². The first-order chi connectivity index (χ1) is 21.3. The molecule has 0 nitrogen and oxygen atoms in total. The highest BCUT2D eigenvalue weighted by Gasteiger charge is 2.22. The van der Waals surface area contributed by atoms with Crippen LogP contribution in [0.5, 0.6) is 0 Å². The number of rotatable bonds is 3. The Kier molecular flexibility index (Phi) is 5.36. The van der Waals surface area contributed by atoms with Crippen LogP contribution in [0.3, 0.4) is 0 Å². The lowest BCUT2D eigenvalue weighted by atomic mass is 9.83. The zero-order valence-corrected chi connectivity index (χ0v) is 23.7. The molecule has 200 valence electrons. The summed E-state index contributed by atoms with van der Waals surface area (Å²) in [6.45, 7) is 0. The molecule has 43 heavy (non-hydrogen) atoms. The Hall–Kier alpha value is -5.46. The number of benzene rings is 8. The van der Waals surface area contributed by atoms with Gasteiger partial charge >= 0.3 is 0 Å². The van der Waals surface area contributed by atoms with E-state index in [1.54, 1.807) is 0 Å². The summed E-state index contributed by atoms with van der Waals surface area (Å²) in [5.41, 5.74) is 13.2. The van der Waals surface area contributed by atoms with Gasteiger partial charge in [0, 0.05) is 0 Å². The summed E-state index contributed by atoms with van der Waals surface area (Å²) in [6, 6.07) is 58.2. The second kappa shape index (κ2) is 9.54. The topological polar surface area (TPSA) is 0 Å². The Bertz CT molecular complexity index is 2310. The molecule has 0 amide bonds. The van der Waals surface area contributed by atoms with Crippen LogP contribution in [-0.2, 0) is 6.42 Å². The van der Waals surface area contributed by atoms with E-state index in [2.05, 4.69) is 158 Å². The molecule has 0 N–H and O–H groups in total. The van der Waals surface area contributed by atoms with E-state index >= 15 is 0 Å². The van der Waals surface area contributed by atoms with Crippen molar-refractivity contribution in [2.24, 2.45) is 0 Å². The van der Waals surface area contributed by atoms with Crippen molar-refractivity contribution in [2.75, 3.05) is 0 Å². The smallest absolute Gasteiger partial charge is 0.00134 e. The summed E-state index contributed by atoms with van der Waals surface area (Å²) < 4.78 is 0. The Morgan fingerprint density at radius 3 is 1.51 bits per heavy atom. The molecular weight excluding hydrogens is 516 g/mol. The predicted octanol–water partition coefficient (Wildman–Crippen LogP) is 11.7. The predicted molar refractivity (Wildman–Crippen MR) is 184 cm³/mol. The number of hydrogen-bond acceptors (Lipinski definition) is 0. The van der Waals surface area contributed by atoms with Crippen LogP contribution in [0.2, 0.25) is 0 Å². The first-order valence-electron chi connectivity index (χ1n) is 15.1. The zero-order valence-electron chi connectivity index (χ0n) is 23.7. The minimum atomic E-state index is 1.01. The van der Waals surface area contributed by atoms with Crippen molar-refractivity contribution in [3.8, 4) is 44.5 Å². The quantitative estimate of drug-likeness (QED) is 0.194. The molecule has 0 heteroatoms. The minimum absolute atomic E-state index is 1.01. The lowest BCUT2D eigenvalue weighted by Crippen LogP contribution is -1.93. The fraction of sp³-hybridized carbons (Fsp3) is 0.0233. The van der Waals surface area contributed by atoms with Gasteiger partial charge < -0.3 is 0 Å². The van der Waals surface area contributed by atoms with Gasteiger partial charge in [0.15, 0.2) is 0 Å². The van der Waals surface area contributed by atoms with Crippen LogP contribution in [0.15, 0.2) is 158 Å². The van der Waals surface area contributed by atoms with E-state index in [-0.39, 0.29) is 0 Å². The third-order valence-corrected chi connectivity index (χ3v) is 9.30. The van der Waals surface area contributed by atoms with E-state index in [0.717, 1.165) is 6.42 Å². The first kappa shape index (κ1) is 24.2. The normalized spacial score (nSPS) is 12.1. The zero-order chi connectivity index (χ0) is 28.3. The molecule has 0 aliphatic heterocycles. The van der Waals surface area contributed by atoms with Crippen LogP contribution in [0.1, 0.15) is 11.1 Å². The summed E-state index contributed by atoms with van der Waals surface area (Å²) in [5.74, 6) is 0. The fourth-order valence-corrected chi connectivity index (χ4v) is 7.40. The van der Waals surface area contributed by atoms with Crippen molar-refractivity contribution in [3.63, 3.8) is 0 Å². The van der Waals surface area contributed by atoms with Crippen LogP contribution in [0.25, 0.3) is 76.8 Å². The minimum Gasteiger partial charge on any atom is -0.0619 e. The van der Waals surface area contributed by atoms with Gasteiger partial charge in [0.2, 0.25) is 0 Å². The molecule has 1 aliphatic carbocycles. The highest BCUT2D eigenvalue weighted by Crippen LogP contribution is 2.48. The van der Waals surface area contributed by atoms with Gasteiger partial charge in [-0.3, -0.25) is 0 Å². The lowest BCUT2D eigenvalue weighted by molar-refractivity contribution is 1.26. The van der Waals surface area contributed by atoms with E-state index in [9.17, 15) is 0 Å². The molecule has 9 rings (SSSR count). The van der Waals surface area contributed by atoms with E-state index in [1.807, 2.05) is 0 Å². The van der Waals surface area contributed by atoms with Crippen molar-refractivity contribution in [3.05, 3.63) is 169 Å². The van der Waals surface area contributed by atoms with E-state index in [4.69, 9.17) is 0 Å². The molecule has 0 spiro atoms. The molecular formula is C43H28. The average molecular weight is 545 g/mol. The molecule has 0 atom stereocenters. The molecule has 0 bridgehead atoms. The number of fused-ring (bicyclic) bond motifs is 6. The van der Waals surface area contributed by atoms with Gasteiger partial charge in [0.1, 0.15) is 0 Å². The van der Waals surface area contributed by atoms with E-state index < -0.39 is 0 Å². The maximum absolute atomic E-state index is 2.41. The molecule has 0 saturated heterocycles. The third kappa shape index (κ3) is 3.70. The van der Waals surface area contributed by atoms with Crippen molar-refractivity contribution >= 4 is 32.3 Å². The summed E-state index contributed by atoms with van der Waals surface area (Å²) in [6.07, 6.45) is 1.01. The molecule has 0 radical (unpaired) electrons. The summed E-state index contributed by atoms with van der Waals surface area (Å²) >= 11 is 0. The summed E-state index contributed by atoms with van der Waals surface area (Å²) in [4.78, 5) is 0. The Labute approximate surface area is 251 Å². The third-order valence-electron chi connectivity index (χ3n) is 9.30. The molecule has 8 aromatic rings. The monoisotopic (exact) mass is 544 g/mol. The lowest BCUT2D eigenvalue weighted by Gasteiger charge is -2.20. The molecule has 8 aromatic carbocycles. The van der Waals surface area contributed by atoms with Crippen molar-refractivity contribution < 1.29 is 0 Å². The van der Waals surface area contributed by atoms with Crippen molar-refractivity contribution in [1.29, 1.82) is 0 Å². The Balaban J connectivity index is 1.35. The first-order valence-corrected chi connectivity index (χ1v) is 15.1. The van der Waals surface area contributed by atoms with Gasteiger partial charge in [-0.15, -0.1) is 0 Å².